The highest BCUT2D eigenvalue weighted by Crippen LogP contribution is 2.36. The van der Waals surface area contributed by atoms with Gasteiger partial charge in [0.25, 0.3) is 5.91 Å². The summed E-state index contributed by atoms with van der Waals surface area (Å²) in [4.78, 5) is 13.0. The van der Waals surface area contributed by atoms with Gasteiger partial charge in [-0.2, -0.15) is 5.10 Å². The van der Waals surface area contributed by atoms with Crippen LogP contribution in [0.25, 0.3) is 0 Å². The number of ether oxygens (including phenoxy) is 2. The number of amides is 1. The molecule has 0 aliphatic rings. The number of halogens is 1. The van der Waals surface area contributed by atoms with Gasteiger partial charge < -0.3 is 20.2 Å². The Hall–Kier alpha value is -1.76. The molecule has 1 aromatic carbocycles. The predicted octanol–water partition coefficient (Wildman–Crippen LogP) is 1.61. The molecule has 0 saturated carbocycles. The second kappa shape index (κ2) is 7.74. The average Bonchev–Trinajstić information content (AvgIpc) is 2.38. The fourth-order valence-electron chi connectivity index (χ4n) is 1.41. The fourth-order valence-corrected chi connectivity index (χ4v) is 1.99. The van der Waals surface area contributed by atoms with Crippen LogP contribution in [0, 0.1) is 0 Å². The van der Waals surface area contributed by atoms with Crippen LogP contribution < -0.4 is 15.3 Å². The Bertz CT molecular complexity index is 504. The number of carbonyl (C=O) groups is 1. The summed E-state index contributed by atoms with van der Waals surface area (Å²) in [5, 5.41) is 3.47. The van der Waals surface area contributed by atoms with Crippen molar-refractivity contribution in [2.24, 2.45) is 10.9 Å². The summed E-state index contributed by atoms with van der Waals surface area (Å²) in [6.07, 6.45) is 1.50. The van der Waals surface area contributed by atoms with Crippen molar-refractivity contribution in [2.75, 3.05) is 27.3 Å². The number of carbonyl (C=O) groups excluding carboxylic acids is 1. The summed E-state index contributed by atoms with van der Waals surface area (Å²) >= 11 is 3.39. The van der Waals surface area contributed by atoms with E-state index in [2.05, 4.69) is 21.0 Å². The highest BCUT2D eigenvalue weighted by molar-refractivity contribution is 9.10. The van der Waals surface area contributed by atoms with Gasteiger partial charge >= 0.3 is 0 Å². The Morgan fingerprint density at radius 3 is 2.70 bits per heavy atom. The number of hydrazone groups is 1. The molecular weight excluding hydrogens is 326 g/mol. The maximum absolute atomic E-state index is 11.6. The molecule has 0 aromatic heterocycles. The zero-order valence-corrected chi connectivity index (χ0v) is 13.3. The Labute approximate surface area is 126 Å². The van der Waals surface area contributed by atoms with Crippen LogP contribution in [0.3, 0.4) is 0 Å². The van der Waals surface area contributed by atoms with E-state index in [-0.39, 0.29) is 12.5 Å². The lowest BCUT2D eigenvalue weighted by atomic mass is 10.2. The van der Waals surface area contributed by atoms with Crippen LogP contribution in [0.15, 0.2) is 21.7 Å². The van der Waals surface area contributed by atoms with Crippen molar-refractivity contribution in [3.63, 3.8) is 0 Å². The van der Waals surface area contributed by atoms with E-state index in [1.165, 1.54) is 11.1 Å². The Morgan fingerprint density at radius 1 is 1.45 bits per heavy atom. The molecule has 1 aromatic rings. The molecule has 0 saturated heterocycles. The van der Waals surface area contributed by atoms with Gasteiger partial charge in [0.1, 0.15) is 0 Å². The van der Waals surface area contributed by atoms with Crippen LogP contribution in [0.2, 0.25) is 0 Å². The number of likely N-dealkylation sites (N-methyl/N-ethyl adjacent to an activating group) is 1. The molecule has 0 bridgehead atoms. The third kappa shape index (κ3) is 4.41. The van der Waals surface area contributed by atoms with Gasteiger partial charge in [0.15, 0.2) is 18.1 Å². The molecule has 110 valence electrons. The van der Waals surface area contributed by atoms with E-state index in [9.17, 15) is 4.79 Å². The van der Waals surface area contributed by atoms with Gasteiger partial charge in [-0.25, -0.2) is 0 Å². The molecule has 0 heterocycles. The van der Waals surface area contributed by atoms with Crippen LogP contribution in [-0.2, 0) is 4.79 Å². The largest absolute Gasteiger partial charge is 0.490 e. The van der Waals surface area contributed by atoms with Crippen molar-refractivity contribution in [3.8, 4) is 11.5 Å². The molecule has 7 heteroatoms. The quantitative estimate of drug-likeness (QED) is 0.483. The molecule has 0 atom stereocenters. The molecule has 0 fully saturated rings. The van der Waals surface area contributed by atoms with E-state index in [0.717, 1.165) is 5.56 Å². The Balaban J connectivity index is 3.01. The monoisotopic (exact) mass is 343 g/mol. The SMILES string of the molecule is CCOc1cc(/C=N\N)cc(Br)c1OCC(=O)N(C)C. The van der Waals surface area contributed by atoms with Crippen LogP contribution in [0.1, 0.15) is 12.5 Å². The first-order valence-electron chi connectivity index (χ1n) is 6.02. The second-order valence-electron chi connectivity index (χ2n) is 4.12. The minimum absolute atomic E-state index is 0.0595. The predicted molar refractivity (Wildman–Crippen MR) is 81.3 cm³/mol. The highest BCUT2D eigenvalue weighted by atomic mass is 79.9. The van der Waals surface area contributed by atoms with Gasteiger partial charge in [-0.15, -0.1) is 0 Å². The average molecular weight is 344 g/mol. The first-order chi connectivity index (χ1) is 9.49. The summed E-state index contributed by atoms with van der Waals surface area (Å²) in [5.74, 6) is 6.02. The van der Waals surface area contributed by atoms with Crippen molar-refractivity contribution in [3.05, 3.63) is 22.2 Å². The number of rotatable bonds is 6. The first-order valence-corrected chi connectivity index (χ1v) is 6.81. The topological polar surface area (TPSA) is 77.1 Å². The van der Waals surface area contributed by atoms with Crippen LogP contribution in [0.5, 0.6) is 11.5 Å². The smallest absolute Gasteiger partial charge is 0.259 e. The maximum Gasteiger partial charge on any atom is 0.259 e. The second-order valence-corrected chi connectivity index (χ2v) is 4.97. The Morgan fingerprint density at radius 2 is 2.15 bits per heavy atom. The van der Waals surface area contributed by atoms with E-state index in [1.54, 1.807) is 26.2 Å². The summed E-state index contributed by atoms with van der Waals surface area (Å²) in [6.45, 7) is 2.29. The number of hydrogen-bond donors (Lipinski definition) is 1. The van der Waals surface area contributed by atoms with E-state index in [0.29, 0.717) is 22.6 Å². The summed E-state index contributed by atoms with van der Waals surface area (Å²) in [5.41, 5.74) is 0.772. The number of nitrogens with two attached hydrogens (primary N) is 1. The molecule has 0 unspecified atom stereocenters. The lowest BCUT2D eigenvalue weighted by molar-refractivity contribution is -0.130. The molecular formula is C13H18BrN3O3. The normalized spacial score (nSPS) is 10.6. The molecule has 0 radical (unpaired) electrons. The van der Waals surface area contributed by atoms with E-state index >= 15 is 0 Å². The molecule has 0 aliphatic carbocycles. The maximum atomic E-state index is 11.6. The highest BCUT2D eigenvalue weighted by Gasteiger charge is 2.14. The number of benzene rings is 1. The van der Waals surface area contributed by atoms with Crippen LogP contribution in [-0.4, -0.2) is 44.3 Å². The molecule has 1 amide bonds. The van der Waals surface area contributed by atoms with E-state index < -0.39 is 0 Å². The molecule has 6 nitrogen and oxygen atoms in total. The molecule has 1 rings (SSSR count). The fraction of sp³-hybridized carbons (Fsp3) is 0.385. The van der Waals surface area contributed by atoms with Crippen molar-refractivity contribution >= 4 is 28.1 Å². The molecule has 20 heavy (non-hydrogen) atoms. The summed E-state index contributed by atoms with van der Waals surface area (Å²) < 4.78 is 11.7. The van der Waals surface area contributed by atoms with Crippen LogP contribution >= 0.6 is 15.9 Å². The molecule has 2 N–H and O–H groups in total. The number of nitrogens with zero attached hydrogens (tertiary/aromatic N) is 2. The molecule has 0 spiro atoms. The van der Waals surface area contributed by atoms with Crippen molar-refractivity contribution in [2.45, 2.75) is 6.92 Å². The van der Waals surface area contributed by atoms with Gasteiger partial charge in [0.2, 0.25) is 0 Å². The van der Waals surface area contributed by atoms with E-state index in [1.807, 2.05) is 6.92 Å². The third-order valence-electron chi connectivity index (χ3n) is 2.39. The van der Waals surface area contributed by atoms with Crippen molar-refractivity contribution < 1.29 is 14.3 Å². The lowest BCUT2D eigenvalue weighted by Crippen LogP contribution is -2.27. The van der Waals surface area contributed by atoms with Crippen molar-refractivity contribution in [1.29, 1.82) is 0 Å². The standard InChI is InChI=1S/C13H18BrN3O3/c1-4-19-11-6-9(7-16-15)5-10(14)13(11)20-8-12(18)17(2)3/h5-7H,4,8,15H2,1-3H3/b16-7-. The summed E-state index contributed by atoms with van der Waals surface area (Å²) in [7, 11) is 3.34. The Kier molecular flexibility index (Phi) is 6.30. The van der Waals surface area contributed by atoms with Gasteiger partial charge in [0.05, 0.1) is 17.3 Å². The van der Waals surface area contributed by atoms with Gasteiger partial charge in [-0.3, -0.25) is 4.79 Å². The number of hydrogen-bond acceptors (Lipinski definition) is 5. The first kappa shape index (κ1) is 16.3. The zero-order valence-electron chi connectivity index (χ0n) is 11.7. The molecule has 0 aliphatic heterocycles. The van der Waals surface area contributed by atoms with E-state index in [4.69, 9.17) is 15.3 Å². The van der Waals surface area contributed by atoms with Crippen LogP contribution in [0.4, 0.5) is 0 Å². The van der Waals surface area contributed by atoms with Gasteiger partial charge in [-0.1, -0.05) is 0 Å². The van der Waals surface area contributed by atoms with Gasteiger partial charge in [-0.05, 0) is 40.5 Å². The summed E-state index contributed by atoms with van der Waals surface area (Å²) in [6, 6.07) is 3.54. The zero-order chi connectivity index (χ0) is 15.1. The minimum Gasteiger partial charge on any atom is -0.490 e. The van der Waals surface area contributed by atoms with Gasteiger partial charge in [0, 0.05) is 14.1 Å². The minimum atomic E-state index is -0.132. The lowest BCUT2D eigenvalue weighted by Gasteiger charge is -2.16. The third-order valence-corrected chi connectivity index (χ3v) is 2.98. The van der Waals surface area contributed by atoms with Crippen molar-refractivity contribution in [1.82, 2.24) is 4.90 Å².